The molecular weight excluding hydrogens is 246 g/mol. The Hall–Kier alpha value is -1.67. The molecule has 4 N–H and O–H groups in total. The Labute approximate surface area is 101 Å². The van der Waals surface area contributed by atoms with Crippen molar-refractivity contribution >= 4 is 28.5 Å². The second-order valence-electron chi connectivity index (χ2n) is 3.45. The first kappa shape index (κ1) is 13.4. The number of thiazole rings is 1. The third-order valence-corrected chi connectivity index (χ3v) is 2.75. The van der Waals surface area contributed by atoms with Gasteiger partial charge in [-0.2, -0.15) is 0 Å². The van der Waals surface area contributed by atoms with Crippen molar-refractivity contribution in [1.29, 1.82) is 0 Å². The minimum atomic E-state index is -1.35. The van der Waals surface area contributed by atoms with Crippen LogP contribution in [0.4, 0.5) is 9.93 Å². The number of aromatic nitrogens is 1. The zero-order chi connectivity index (χ0) is 13.0. The lowest BCUT2D eigenvalue weighted by atomic mass is 10.2. The first-order valence-electron chi connectivity index (χ1n) is 4.80. The number of urea groups is 1. The zero-order valence-corrected chi connectivity index (χ0v) is 10.1. The molecule has 0 saturated carbocycles. The van der Waals surface area contributed by atoms with Crippen LogP contribution in [0.3, 0.4) is 0 Å². The minimum absolute atomic E-state index is 0.370. The summed E-state index contributed by atoms with van der Waals surface area (Å²) < 4.78 is 0. The van der Waals surface area contributed by atoms with Crippen molar-refractivity contribution in [2.45, 2.75) is 26.0 Å². The predicted molar refractivity (Wildman–Crippen MR) is 62.1 cm³/mol. The van der Waals surface area contributed by atoms with E-state index in [4.69, 9.17) is 10.2 Å². The molecule has 0 aromatic carbocycles. The molecule has 1 rings (SSSR count). The molecular formula is C9H13N3O4S. The summed E-state index contributed by atoms with van der Waals surface area (Å²) in [5, 5.41) is 24.6. The van der Waals surface area contributed by atoms with Crippen molar-refractivity contribution in [1.82, 2.24) is 10.3 Å². The first-order chi connectivity index (χ1) is 7.90. The van der Waals surface area contributed by atoms with Gasteiger partial charge in [0.05, 0.1) is 11.8 Å². The van der Waals surface area contributed by atoms with Crippen molar-refractivity contribution < 1.29 is 19.8 Å². The molecule has 2 atom stereocenters. The summed E-state index contributed by atoms with van der Waals surface area (Å²) in [5.41, 5.74) is 0.760. The smallest absolute Gasteiger partial charge is 0.328 e. The van der Waals surface area contributed by atoms with E-state index in [9.17, 15) is 9.59 Å². The van der Waals surface area contributed by atoms with E-state index in [1.807, 2.05) is 0 Å². The number of carbonyl (C=O) groups is 2. The molecule has 2 unspecified atom stereocenters. The topological polar surface area (TPSA) is 112 Å². The molecule has 94 valence electrons. The second kappa shape index (κ2) is 5.60. The number of aliphatic carboxylic acids is 1. The maximum atomic E-state index is 11.4. The molecule has 2 amide bonds. The van der Waals surface area contributed by atoms with Crippen LogP contribution in [0.2, 0.25) is 0 Å². The highest BCUT2D eigenvalue weighted by Crippen LogP contribution is 2.13. The molecule has 1 aromatic rings. The van der Waals surface area contributed by atoms with E-state index in [-0.39, 0.29) is 0 Å². The summed E-state index contributed by atoms with van der Waals surface area (Å²) in [4.78, 5) is 26.1. The second-order valence-corrected chi connectivity index (χ2v) is 4.31. The van der Waals surface area contributed by atoms with Crippen molar-refractivity contribution in [2.24, 2.45) is 0 Å². The third-order valence-electron chi connectivity index (χ3n) is 1.87. The van der Waals surface area contributed by atoms with Crippen LogP contribution in [0.25, 0.3) is 0 Å². The minimum Gasteiger partial charge on any atom is -0.480 e. The molecule has 0 saturated heterocycles. The van der Waals surface area contributed by atoms with Crippen molar-refractivity contribution in [3.05, 3.63) is 11.1 Å². The highest BCUT2D eigenvalue weighted by atomic mass is 32.1. The van der Waals surface area contributed by atoms with Gasteiger partial charge in [-0.3, -0.25) is 5.32 Å². The van der Waals surface area contributed by atoms with E-state index < -0.39 is 24.1 Å². The van der Waals surface area contributed by atoms with Crippen LogP contribution in [0, 0.1) is 6.92 Å². The average Bonchev–Trinajstić information content (AvgIpc) is 2.59. The number of amides is 2. The normalized spacial score (nSPS) is 13.8. The van der Waals surface area contributed by atoms with E-state index in [0.717, 1.165) is 5.69 Å². The van der Waals surface area contributed by atoms with Gasteiger partial charge in [-0.15, -0.1) is 11.3 Å². The molecule has 0 radical (unpaired) electrons. The number of carboxylic acid groups (broad SMARTS) is 1. The Balaban J connectivity index is 2.56. The van der Waals surface area contributed by atoms with Crippen LogP contribution < -0.4 is 10.6 Å². The SMILES string of the molecule is Cc1csc(NC(=O)NC(C(=O)O)C(C)O)n1. The first-order valence-corrected chi connectivity index (χ1v) is 5.68. The van der Waals surface area contributed by atoms with Crippen molar-refractivity contribution in [2.75, 3.05) is 5.32 Å². The van der Waals surface area contributed by atoms with Crippen molar-refractivity contribution in [3.8, 4) is 0 Å². The number of hydrogen-bond acceptors (Lipinski definition) is 5. The molecule has 1 heterocycles. The highest BCUT2D eigenvalue weighted by molar-refractivity contribution is 7.13. The molecule has 0 aliphatic rings. The van der Waals surface area contributed by atoms with Crippen LogP contribution >= 0.6 is 11.3 Å². The summed E-state index contributed by atoms with van der Waals surface area (Å²) in [7, 11) is 0. The largest absolute Gasteiger partial charge is 0.480 e. The summed E-state index contributed by atoms with van der Waals surface area (Å²) in [6, 6.07) is -2.07. The predicted octanol–water partition coefficient (Wildman–Crippen LogP) is 0.407. The van der Waals surface area contributed by atoms with E-state index in [0.29, 0.717) is 5.13 Å². The third kappa shape index (κ3) is 4.00. The Morgan fingerprint density at radius 2 is 2.18 bits per heavy atom. The molecule has 7 nitrogen and oxygen atoms in total. The van der Waals surface area contributed by atoms with E-state index in [1.54, 1.807) is 12.3 Å². The Morgan fingerprint density at radius 3 is 2.59 bits per heavy atom. The molecule has 0 aliphatic heterocycles. The number of anilines is 1. The zero-order valence-electron chi connectivity index (χ0n) is 9.30. The van der Waals surface area contributed by atoms with Gasteiger partial charge >= 0.3 is 12.0 Å². The van der Waals surface area contributed by atoms with Gasteiger partial charge in [0.15, 0.2) is 11.2 Å². The number of rotatable bonds is 4. The number of nitrogens with one attached hydrogen (secondary N) is 2. The highest BCUT2D eigenvalue weighted by Gasteiger charge is 2.25. The van der Waals surface area contributed by atoms with Gasteiger partial charge in [0.2, 0.25) is 0 Å². The number of aliphatic hydroxyl groups excluding tert-OH is 1. The van der Waals surface area contributed by atoms with E-state index in [1.165, 1.54) is 18.3 Å². The molecule has 0 aliphatic carbocycles. The van der Waals surface area contributed by atoms with Crippen LogP contribution in [-0.2, 0) is 4.79 Å². The summed E-state index contributed by atoms with van der Waals surface area (Å²) in [5.74, 6) is -1.30. The molecule has 8 heteroatoms. The lowest BCUT2D eigenvalue weighted by Crippen LogP contribution is -2.49. The fraction of sp³-hybridized carbons (Fsp3) is 0.444. The maximum Gasteiger partial charge on any atom is 0.328 e. The number of aliphatic hydroxyl groups is 1. The average molecular weight is 259 g/mol. The molecule has 0 fully saturated rings. The van der Waals surface area contributed by atoms with Crippen LogP contribution in [-0.4, -0.2) is 39.3 Å². The maximum absolute atomic E-state index is 11.4. The Bertz CT molecular complexity index is 418. The summed E-state index contributed by atoms with van der Waals surface area (Å²) in [6.45, 7) is 3.06. The van der Waals surface area contributed by atoms with Gasteiger partial charge in [0.1, 0.15) is 0 Å². The lowest BCUT2D eigenvalue weighted by molar-refractivity contribution is -0.141. The Morgan fingerprint density at radius 1 is 1.53 bits per heavy atom. The molecule has 1 aromatic heterocycles. The summed E-state index contributed by atoms with van der Waals surface area (Å²) >= 11 is 1.23. The molecule has 0 bridgehead atoms. The number of carboxylic acids is 1. The summed E-state index contributed by atoms with van der Waals surface area (Å²) in [6.07, 6.45) is -1.18. The van der Waals surface area contributed by atoms with Crippen molar-refractivity contribution in [3.63, 3.8) is 0 Å². The van der Waals surface area contributed by atoms with Gasteiger partial charge in [-0.1, -0.05) is 0 Å². The van der Waals surface area contributed by atoms with Gasteiger partial charge in [-0.05, 0) is 13.8 Å². The number of aryl methyl sites for hydroxylation is 1. The van der Waals surface area contributed by atoms with Gasteiger partial charge in [-0.25, -0.2) is 14.6 Å². The standard InChI is InChI=1S/C9H13N3O4S/c1-4-3-17-9(10-4)12-8(16)11-6(5(2)13)7(14)15/h3,5-6,13H,1-2H3,(H,14,15)(H2,10,11,12,16). The van der Waals surface area contributed by atoms with E-state index in [2.05, 4.69) is 15.6 Å². The van der Waals surface area contributed by atoms with Crippen LogP contribution in [0.1, 0.15) is 12.6 Å². The lowest BCUT2D eigenvalue weighted by Gasteiger charge is -2.16. The number of hydrogen-bond donors (Lipinski definition) is 4. The number of nitrogens with zero attached hydrogens (tertiary/aromatic N) is 1. The molecule has 0 spiro atoms. The Kier molecular flexibility index (Phi) is 4.41. The quantitative estimate of drug-likeness (QED) is 0.625. The van der Waals surface area contributed by atoms with E-state index >= 15 is 0 Å². The number of carbonyl (C=O) groups excluding carboxylic acids is 1. The van der Waals surface area contributed by atoms with Gasteiger partial charge in [0.25, 0.3) is 0 Å². The monoisotopic (exact) mass is 259 g/mol. The fourth-order valence-electron chi connectivity index (χ4n) is 1.07. The van der Waals surface area contributed by atoms with Crippen LogP contribution in [0.15, 0.2) is 5.38 Å². The fourth-order valence-corrected chi connectivity index (χ4v) is 1.76. The van der Waals surface area contributed by atoms with Gasteiger partial charge < -0.3 is 15.5 Å². The van der Waals surface area contributed by atoms with Gasteiger partial charge in [0, 0.05) is 5.38 Å². The van der Waals surface area contributed by atoms with Crippen LogP contribution in [0.5, 0.6) is 0 Å². The molecule has 17 heavy (non-hydrogen) atoms.